The van der Waals surface area contributed by atoms with Gasteiger partial charge in [-0.3, -0.25) is 4.79 Å². The van der Waals surface area contributed by atoms with Gasteiger partial charge in [-0.25, -0.2) is 0 Å². The van der Waals surface area contributed by atoms with Gasteiger partial charge < -0.3 is 13.9 Å². The topological polar surface area (TPSA) is 44.8 Å². The zero-order chi connectivity index (χ0) is 17.7. The molecule has 1 rings (SSSR count). The fraction of sp³-hybridized carbons (Fsp3) is 0.500. The van der Waals surface area contributed by atoms with Crippen LogP contribution in [0.2, 0.25) is 18.1 Å². The van der Waals surface area contributed by atoms with E-state index in [0.717, 1.165) is 0 Å². The minimum absolute atomic E-state index is 0.157. The number of hydrogen-bond acceptors (Lipinski definition) is 4. The minimum Gasteiger partial charge on any atom is -0.484 e. The fourth-order valence-electron chi connectivity index (χ4n) is 1.58. The molecular weight excluding hydrogens is 308 g/mol. The highest BCUT2D eigenvalue weighted by Crippen LogP contribution is 2.36. The predicted octanol–water partition coefficient (Wildman–Crippen LogP) is 4.57. The average Bonchev–Trinajstić information content (AvgIpc) is 2.43. The van der Waals surface area contributed by atoms with Crippen molar-refractivity contribution in [1.82, 2.24) is 0 Å². The van der Waals surface area contributed by atoms with Crippen molar-refractivity contribution in [2.24, 2.45) is 0 Å². The van der Waals surface area contributed by atoms with Crippen LogP contribution >= 0.6 is 0 Å². The van der Waals surface area contributed by atoms with E-state index in [0.29, 0.717) is 18.1 Å². The van der Waals surface area contributed by atoms with Crippen LogP contribution in [0.25, 0.3) is 0 Å². The van der Waals surface area contributed by atoms with Crippen LogP contribution in [0.5, 0.6) is 11.5 Å². The van der Waals surface area contributed by atoms with Crippen molar-refractivity contribution in [3.8, 4) is 11.5 Å². The Morgan fingerprint density at radius 3 is 2.17 bits per heavy atom. The zero-order valence-corrected chi connectivity index (χ0v) is 16.0. The summed E-state index contributed by atoms with van der Waals surface area (Å²) >= 11 is 0. The van der Waals surface area contributed by atoms with Gasteiger partial charge in [0, 0.05) is 6.92 Å². The highest BCUT2D eigenvalue weighted by atomic mass is 28.4. The fourth-order valence-corrected chi connectivity index (χ4v) is 2.60. The molecule has 0 unspecified atom stereocenters. The largest absolute Gasteiger partial charge is 0.484 e. The second-order valence-electron chi connectivity index (χ2n) is 7.03. The summed E-state index contributed by atoms with van der Waals surface area (Å²) in [5.41, 5.74) is 0. The first-order chi connectivity index (χ1) is 10.5. The van der Waals surface area contributed by atoms with Gasteiger partial charge in [-0.2, -0.15) is 0 Å². The lowest BCUT2D eigenvalue weighted by Gasteiger charge is -2.37. The van der Waals surface area contributed by atoms with Crippen molar-refractivity contribution in [3.05, 3.63) is 36.9 Å². The Morgan fingerprint density at radius 1 is 1.22 bits per heavy atom. The van der Waals surface area contributed by atoms with E-state index in [1.54, 1.807) is 30.3 Å². The van der Waals surface area contributed by atoms with Gasteiger partial charge in [-0.15, -0.1) is 0 Å². The third-order valence-electron chi connectivity index (χ3n) is 4.05. The van der Waals surface area contributed by atoms with Crippen molar-refractivity contribution < 1.29 is 18.7 Å². The third kappa shape index (κ3) is 6.20. The van der Waals surface area contributed by atoms with Gasteiger partial charge in [0.2, 0.25) is 0 Å². The van der Waals surface area contributed by atoms with Crippen LogP contribution in [0.1, 0.15) is 27.7 Å². The summed E-state index contributed by atoms with van der Waals surface area (Å²) < 4.78 is 17.0. The number of carbonyl (C=O) groups excluding carboxylic acids is 1. The van der Waals surface area contributed by atoms with Crippen molar-refractivity contribution in [2.75, 3.05) is 6.61 Å². The van der Waals surface area contributed by atoms with Gasteiger partial charge in [0.1, 0.15) is 17.6 Å². The Labute approximate surface area is 140 Å². The van der Waals surface area contributed by atoms with Crippen LogP contribution in [0, 0.1) is 0 Å². The van der Waals surface area contributed by atoms with Crippen LogP contribution in [0.4, 0.5) is 0 Å². The Kier molecular flexibility index (Phi) is 6.59. The molecule has 23 heavy (non-hydrogen) atoms. The van der Waals surface area contributed by atoms with Gasteiger partial charge >= 0.3 is 5.97 Å². The molecule has 0 aliphatic carbocycles. The molecule has 0 bridgehead atoms. The standard InChI is InChI=1S/C18H28O4Si/c1-8-15(13-20-23(6,7)18(3,4)5)22-17-11-9-16(10-12-17)21-14(2)19/h8-12,15H,1,13H2,2-7H3/t15-/m0/s1. The molecule has 1 aromatic carbocycles. The summed E-state index contributed by atoms with van der Waals surface area (Å²) in [7, 11) is -1.81. The lowest BCUT2D eigenvalue weighted by atomic mass is 10.2. The highest BCUT2D eigenvalue weighted by molar-refractivity contribution is 6.74. The van der Waals surface area contributed by atoms with Crippen LogP contribution in [-0.2, 0) is 9.22 Å². The lowest BCUT2D eigenvalue weighted by molar-refractivity contribution is -0.131. The summed E-state index contributed by atoms with van der Waals surface area (Å²) in [6.45, 7) is 16.7. The first kappa shape index (κ1) is 19.5. The molecule has 5 heteroatoms. The molecule has 0 N–H and O–H groups in total. The molecule has 0 saturated heterocycles. The Bertz CT molecular complexity index is 529. The van der Waals surface area contributed by atoms with Crippen LogP contribution in [0.3, 0.4) is 0 Å². The summed E-state index contributed by atoms with van der Waals surface area (Å²) in [5, 5.41) is 0.157. The smallest absolute Gasteiger partial charge is 0.308 e. The van der Waals surface area contributed by atoms with Crippen molar-refractivity contribution in [2.45, 2.75) is 51.9 Å². The molecule has 0 saturated carbocycles. The second-order valence-corrected chi connectivity index (χ2v) is 11.8. The van der Waals surface area contributed by atoms with Crippen molar-refractivity contribution >= 4 is 14.3 Å². The molecule has 0 radical (unpaired) electrons. The lowest BCUT2D eigenvalue weighted by Crippen LogP contribution is -2.43. The minimum atomic E-state index is -1.81. The second kappa shape index (κ2) is 7.79. The molecule has 0 spiro atoms. The molecule has 128 valence electrons. The molecule has 1 atom stereocenters. The maximum Gasteiger partial charge on any atom is 0.308 e. The van der Waals surface area contributed by atoms with Crippen LogP contribution in [0.15, 0.2) is 36.9 Å². The Balaban J connectivity index is 2.63. The van der Waals surface area contributed by atoms with E-state index >= 15 is 0 Å². The van der Waals surface area contributed by atoms with E-state index in [9.17, 15) is 4.79 Å². The molecule has 4 nitrogen and oxygen atoms in total. The molecule has 1 aromatic rings. The molecule has 0 amide bonds. The maximum absolute atomic E-state index is 10.9. The highest BCUT2D eigenvalue weighted by Gasteiger charge is 2.37. The number of rotatable bonds is 7. The van der Waals surface area contributed by atoms with E-state index in [1.165, 1.54) is 6.92 Å². The van der Waals surface area contributed by atoms with Gasteiger partial charge in [0.05, 0.1) is 6.61 Å². The van der Waals surface area contributed by atoms with Gasteiger partial charge in [0.25, 0.3) is 0 Å². The molecule has 0 fully saturated rings. The van der Waals surface area contributed by atoms with Crippen LogP contribution in [-0.4, -0.2) is 27.0 Å². The first-order valence-electron chi connectivity index (χ1n) is 7.77. The van der Waals surface area contributed by atoms with E-state index in [4.69, 9.17) is 13.9 Å². The number of ether oxygens (including phenoxy) is 2. The summed E-state index contributed by atoms with van der Waals surface area (Å²) in [5.74, 6) is 0.840. The van der Waals surface area contributed by atoms with Gasteiger partial charge in [0.15, 0.2) is 8.32 Å². The Morgan fingerprint density at radius 2 is 1.74 bits per heavy atom. The molecule has 0 aliphatic rings. The molecule has 0 heterocycles. The van der Waals surface area contributed by atoms with E-state index < -0.39 is 8.32 Å². The number of carbonyl (C=O) groups is 1. The zero-order valence-electron chi connectivity index (χ0n) is 15.0. The Hall–Kier alpha value is -1.59. The van der Waals surface area contributed by atoms with Gasteiger partial charge in [-0.1, -0.05) is 27.4 Å². The van der Waals surface area contributed by atoms with E-state index in [1.807, 2.05) is 0 Å². The van der Waals surface area contributed by atoms with Crippen LogP contribution < -0.4 is 9.47 Å². The first-order valence-corrected chi connectivity index (χ1v) is 10.7. The summed E-state index contributed by atoms with van der Waals surface area (Å²) in [6.07, 6.45) is 1.52. The van der Waals surface area contributed by atoms with Crippen molar-refractivity contribution in [3.63, 3.8) is 0 Å². The SMILES string of the molecule is C=C[C@@H](CO[Si](C)(C)C(C)(C)C)Oc1ccc(OC(C)=O)cc1. The third-order valence-corrected chi connectivity index (χ3v) is 8.55. The maximum atomic E-state index is 10.9. The average molecular weight is 337 g/mol. The number of esters is 1. The normalized spacial score (nSPS) is 13.3. The predicted molar refractivity (Wildman–Crippen MR) is 95.5 cm³/mol. The van der Waals surface area contributed by atoms with Gasteiger partial charge in [-0.05, 0) is 48.5 Å². The molecular formula is C18H28O4Si. The summed E-state index contributed by atoms with van der Waals surface area (Å²) in [4.78, 5) is 10.9. The molecule has 0 aliphatic heterocycles. The van der Waals surface area contributed by atoms with E-state index in [-0.39, 0.29) is 17.1 Å². The van der Waals surface area contributed by atoms with E-state index in [2.05, 4.69) is 40.4 Å². The number of benzene rings is 1. The molecule has 0 aromatic heterocycles. The number of hydrogen-bond donors (Lipinski definition) is 0. The van der Waals surface area contributed by atoms with Crippen molar-refractivity contribution in [1.29, 1.82) is 0 Å². The monoisotopic (exact) mass is 336 g/mol. The summed E-state index contributed by atoms with van der Waals surface area (Å²) in [6, 6.07) is 6.93. The quantitative estimate of drug-likeness (QED) is 0.317.